The molecule has 0 aliphatic carbocycles. The first-order valence-electron chi connectivity index (χ1n) is 8.12. The van der Waals surface area contributed by atoms with Crippen LogP contribution in [0.4, 0.5) is 5.82 Å². The number of halogens is 1. The quantitative estimate of drug-likeness (QED) is 0.688. The fourth-order valence-electron chi connectivity index (χ4n) is 2.93. The summed E-state index contributed by atoms with van der Waals surface area (Å²) in [4.78, 5) is 27.5. The van der Waals surface area contributed by atoms with Crippen LogP contribution in [0.3, 0.4) is 0 Å². The first kappa shape index (κ1) is 17.1. The second kappa shape index (κ2) is 7.14. The molecule has 1 fully saturated rings. The molecule has 0 atom stereocenters. The van der Waals surface area contributed by atoms with Crippen molar-refractivity contribution in [3.63, 3.8) is 0 Å². The van der Waals surface area contributed by atoms with Crippen LogP contribution in [0, 0.1) is 0 Å². The van der Waals surface area contributed by atoms with Crippen LogP contribution in [0.1, 0.15) is 20.8 Å². The van der Waals surface area contributed by atoms with Gasteiger partial charge < -0.3 is 15.4 Å². The number of amides is 1. The topological polar surface area (TPSA) is 94.2 Å². The van der Waals surface area contributed by atoms with Crippen molar-refractivity contribution in [1.82, 2.24) is 15.0 Å². The number of primary amides is 1. The predicted octanol–water partition coefficient (Wildman–Crippen LogP) is 2.27. The van der Waals surface area contributed by atoms with Gasteiger partial charge >= 0.3 is 0 Å². The molecule has 0 unspecified atom stereocenters. The summed E-state index contributed by atoms with van der Waals surface area (Å²) < 4.78 is 6.42. The lowest BCUT2D eigenvalue weighted by Crippen LogP contribution is -2.36. The number of thiophene rings is 1. The Morgan fingerprint density at radius 2 is 2.08 bits per heavy atom. The van der Waals surface area contributed by atoms with Crippen LogP contribution in [0.25, 0.3) is 10.2 Å². The number of anilines is 1. The van der Waals surface area contributed by atoms with Gasteiger partial charge in [0, 0.05) is 36.8 Å². The highest BCUT2D eigenvalue weighted by Crippen LogP contribution is 2.34. The van der Waals surface area contributed by atoms with E-state index in [9.17, 15) is 4.79 Å². The maximum absolute atomic E-state index is 11.3. The average Bonchev–Trinajstić information content (AvgIpc) is 3.04. The highest BCUT2D eigenvalue weighted by Gasteiger charge is 2.19. The van der Waals surface area contributed by atoms with Crippen molar-refractivity contribution in [2.45, 2.75) is 6.42 Å². The molecule has 0 bridgehead atoms. The van der Waals surface area contributed by atoms with Crippen molar-refractivity contribution in [3.8, 4) is 0 Å². The Morgan fingerprint density at radius 1 is 1.27 bits per heavy atom. The molecule has 1 aliphatic rings. The first-order valence-corrected chi connectivity index (χ1v) is 9.32. The van der Waals surface area contributed by atoms with Crippen LogP contribution in [-0.2, 0) is 11.2 Å². The van der Waals surface area contributed by atoms with E-state index in [-0.39, 0.29) is 5.28 Å². The molecule has 26 heavy (non-hydrogen) atoms. The number of fused-ring (bicyclic) bond motifs is 1. The van der Waals surface area contributed by atoms with Gasteiger partial charge in [-0.2, -0.15) is 4.98 Å². The highest BCUT2D eigenvalue weighted by molar-refractivity contribution is 7.19. The van der Waals surface area contributed by atoms with Crippen LogP contribution < -0.4 is 10.6 Å². The third-order valence-corrected chi connectivity index (χ3v) is 5.44. The number of aromatic nitrogens is 3. The summed E-state index contributed by atoms with van der Waals surface area (Å²) in [6.07, 6.45) is 3.84. The van der Waals surface area contributed by atoms with Crippen molar-refractivity contribution in [2.75, 3.05) is 31.2 Å². The first-order chi connectivity index (χ1) is 12.6. The lowest BCUT2D eigenvalue weighted by molar-refractivity contribution is 0.1000. The smallest absolute Gasteiger partial charge is 0.250 e. The minimum absolute atomic E-state index is 0.237. The van der Waals surface area contributed by atoms with Crippen molar-refractivity contribution < 1.29 is 9.53 Å². The SMILES string of the molecule is NC(=O)c1cncc(Cc2cc3nc(Cl)nc(N4CCOCC4)c3s2)c1. The lowest BCUT2D eigenvalue weighted by atomic mass is 10.1. The van der Waals surface area contributed by atoms with E-state index in [2.05, 4.69) is 19.9 Å². The maximum atomic E-state index is 11.3. The van der Waals surface area contributed by atoms with Crippen molar-refractivity contribution in [2.24, 2.45) is 5.73 Å². The fourth-order valence-corrected chi connectivity index (χ4v) is 4.25. The summed E-state index contributed by atoms with van der Waals surface area (Å²) in [6, 6.07) is 3.77. The molecule has 0 radical (unpaired) electrons. The van der Waals surface area contributed by atoms with E-state index in [1.54, 1.807) is 23.6 Å². The molecule has 9 heteroatoms. The number of pyridine rings is 1. The van der Waals surface area contributed by atoms with Crippen molar-refractivity contribution in [1.29, 1.82) is 0 Å². The van der Waals surface area contributed by atoms with Gasteiger partial charge in [-0.15, -0.1) is 11.3 Å². The molecule has 1 saturated heterocycles. The Hall–Kier alpha value is -2.29. The van der Waals surface area contributed by atoms with Gasteiger partial charge in [-0.3, -0.25) is 9.78 Å². The van der Waals surface area contributed by atoms with Crippen LogP contribution >= 0.6 is 22.9 Å². The molecular formula is C17H16ClN5O2S. The van der Waals surface area contributed by atoms with Gasteiger partial charge in [0.05, 0.1) is 29.0 Å². The van der Waals surface area contributed by atoms with E-state index < -0.39 is 5.91 Å². The molecule has 0 spiro atoms. The van der Waals surface area contributed by atoms with Gasteiger partial charge in [-0.1, -0.05) is 0 Å². The minimum atomic E-state index is -0.483. The maximum Gasteiger partial charge on any atom is 0.250 e. The summed E-state index contributed by atoms with van der Waals surface area (Å²) in [5.74, 6) is 0.367. The Bertz CT molecular complexity index is 971. The Balaban J connectivity index is 1.69. The second-order valence-corrected chi connectivity index (χ2v) is 7.44. The summed E-state index contributed by atoms with van der Waals surface area (Å²) in [5, 5.41) is 0.237. The monoisotopic (exact) mass is 389 g/mol. The van der Waals surface area contributed by atoms with Crippen molar-refractivity contribution >= 4 is 44.9 Å². The summed E-state index contributed by atoms with van der Waals surface area (Å²) in [7, 11) is 0. The van der Waals surface area contributed by atoms with E-state index in [1.807, 2.05) is 6.07 Å². The van der Waals surface area contributed by atoms with Gasteiger partial charge in [0.1, 0.15) is 0 Å². The van der Waals surface area contributed by atoms with Gasteiger partial charge in [0.15, 0.2) is 5.82 Å². The van der Waals surface area contributed by atoms with E-state index in [1.165, 1.54) is 6.20 Å². The average molecular weight is 390 g/mol. The number of ether oxygens (including phenoxy) is 1. The Kier molecular flexibility index (Phi) is 4.71. The Labute approximate surface area is 158 Å². The third kappa shape index (κ3) is 3.48. The number of carbonyl (C=O) groups is 1. The van der Waals surface area contributed by atoms with E-state index in [4.69, 9.17) is 22.1 Å². The zero-order valence-electron chi connectivity index (χ0n) is 13.8. The number of nitrogens with two attached hydrogens (primary N) is 1. The molecule has 3 aromatic rings. The largest absolute Gasteiger partial charge is 0.378 e. The molecule has 134 valence electrons. The normalized spacial score (nSPS) is 14.7. The molecule has 3 aromatic heterocycles. The molecule has 0 aromatic carbocycles. The minimum Gasteiger partial charge on any atom is -0.378 e. The summed E-state index contributed by atoms with van der Waals surface area (Å²) >= 11 is 7.76. The number of morpholine rings is 1. The van der Waals surface area contributed by atoms with Crippen LogP contribution in [0.15, 0.2) is 24.5 Å². The number of hydrogen-bond acceptors (Lipinski definition) is 7. The molecular weight excluding hydrogens is 374 g/mol. The second-order valence-electron chi connectivity index (χ2n) is 5.97. The van der Waals surface area contributed by atoms with Crippen LogP contribution in [0.5, 0.6) is 0 Å². The highest BCUT2D eigenvalue weighted by atomic mass is 35.5. The van der Waals surface area contributed by atoms with E-state index >= 15 is 0 Å². The number of carbonyl (C=O) groups excluding carboxylic acids is 1. The molecule has 4 rings (SSSR count). The zero-order valence-corrected chi connectivity index (χ0v) is 15.4. The van der Waals surface area contributed by atoms with Gasteiger partial charge in [0.25, 0.3) is 0 Å². The molecule has 7 nitrogen and oxygen atoms in total. The number of hydrogen-bond donors (Lipinski definition) is 1. The number of rotatable bonds is 4. The summed E-state index contributed by atoms with van der Waals surface area (Å²) in [5.41, 5.74) is 7.48. The lowest BCUT2D eigenvalue weighted by Gasteiger charge is -2.28. The van der Waals surface area contributed by atoms with E-state index in [0.717, 1.165) is 39.6 Å². The van der Waals surface area contributed by atoms with Crippen LogP contribution in [0.2, 0.25) is 5.28 Å². The molecule has 1 aliphatic heterocycles. The Morgan fingerprint density at radius 3 is 2.85 bits per heavy atom. The fraction of sp³-hybridized carbons (Fsp3) is 0.294. The molecule has 1 amide bonds. The van der Waals surface area contributed by atoms with E-state index in [0.29, 0.717) is 25.2 Å². The zero-order chi connectivity index (χ0) is 18.1. The third-order valence-electron chi connectivity index (χ3n) is 4.15. The predicted molar refractivity (Wildman–Crippen MR) is 101 cm³/mol. The molecule has 0 saturated carbocycles. The summed E-state index contributed by atoms with van der Waals surface area (Å²) in [6.45, 7) is 2.90. The standard InChI is InChI=1S/C17H16ClN5O2S/c18-17-21-13-7-12(6-10-5-11(15(19)24)9-20-8-10)26-14(13)16(22-17)23-1-3-25-4-2-23/h5,7-9H,1-4,6H2,(H2,19,24). The van der Waals surface area contributed by atoms with Gasteiger partial charge in [-0.05, 0) is 29.3 Å². The van der Waals surface area contributed by atoms with Crippen molar-refractivity contribution in [3.05, 3.63) is 45.8 Å². The van der Waals surface area contributed by atoms with Crippen LogP contribution in [-0.4, -0.2) is 47.2 Å². The number of nitrogens with zero attached hydrogens (tertiary/aromatic N) is 4. The van der Waals surface area contributed by atoms with Gasteiger partial charge in [0.2, 0.25) is 11.2 Å². The van der Waals surface area contributed by atoms with Gasteiger partial charge in [-0.25, -0.2) is 4.98 Å². The molecule has 4 heterocycles. The molecule has 2 N–H and O–H groups in total.